The van der Waals surface area contributed by atoms with Crippen molar-refractivity contribution in [1.29, 1.82) is 0 Å². The second-order valence-electron chi connectivity index (χ2n) is 4.90. The molecule has 1 N–H and O–H groups in total. The summed E-state index contributed by atoms with van der Waals surface area (Å²) in [6.07, 6.45) is -0.163. The Bertz CT molecular complexity index is 519. The van der Waals surface area contributed by atoms with Crippen molar-refractivity contribution < 1.29 is 9.84 Å². The van der Waals surface area contributed by atoms with Gasteiger partial charge in [0.1, 0.15) is 17.8 Å². The quantitative estimate of drug-likeness (QED) is 0.836. The van der Waals surface area contributed by atoms with Crippen molar-refractivity contribution in [3.8, 4) is 0 Å². The van der Waals surface area contributed by atoms with Gasteiger partial charge in [0.2, 0.25) is 0 Å². The first-order valence-electron chi connectivity index (χ1n) is 6.18. The maximum absolute atomic E-state index is 10.6. The zero-order valence-corrected chi connectivity index (χ0v) is 10.3. The first-order valence-corrected chi connectivity index (χ1v) is 6.18. The van der Waals surface area contributed by atoms with Crippen LogP contribution in [-0.2, 0) is 10.3 Å². The summed E-state index contributed by atoms with van der Waals surface area (Å²) in [6.45, 7) is 1.82. The molecule has 0 unspecified atom stereocenters. The van der Waals surface area contributed by atoms with E-state index in [1.54, 1.807) is 0 Å². The molecule has 2 aromatic rings. The number of rotatable bonds is 3. The summed E-state index contributed by atoms with van der Waals surface area (Å²) >= 11 is 0. The fourth-order valence-corrected chi connectivity index (χ4v) is 2.38. The number of ether oxygens (including phenoxy) is 1. The lowest BCUT2D eigenvalue weighted by atomic mass is 9.89. The third-order valence-electron chi connectivity index (χ3n) is 3.53. The van der Waals surface area contributed by atoms with E-state index in [9.17, 15) is 5.11 Å². The minimum Gasteiger partial charge on any atom is -0.383 e. The van der Waals surface area contributed by atoms with Crippen LogP contribution < -0.4 is 0 Å². The molecule has 2 heteroatoms. The van der Waals surface area contributed by atoms with E-state index < -0.39 is 5.60 Å². The molecule has 0 spiro atoms. The summed E-state index contributed by atoms with van der Waals surface area (Å²) in [5.41, 5.74) is 1.08. The molecule has 0 aliphatic carbocycles. The maximum atomic E-state index is 10.6. The monoisotopic (exact) mass is 240 g/mol. The summed E-state index contributed by atoms with van der Waals surface area (Å²) in [7, 11) is 0. The van der Waals surface area contributed by atoms with Gasteiger partial charge in [0.15, 0.2) is 0 Å². The molecular formula is C16H16O2. The average molecular weight is 240 g/mol. The third kappa shape index (κ3) is 1.94. The van der Waals surface area contributed by atoms with Crippen molar-refractivity contribution in [3.63, 3.8) is 0 Å². The van der Waals surface area contributed by atoms with E-state index in [2.05, 4.69) is 0 Å². The lowest BCUT2D eigenvalue weighted by molar-refractivity contribution is 0.0259. The highest BCUT2D eigenvalue weighted by Gasteiger charge is 2.52. The van der Waals surface area contributed by atoms with Crippen LogP contribution >= 0.6 is 0 Å². The van der Waals surface area contributed by atoms with Crippen LogP contribution in [0.25, 0.3) is 0 Å². The van der Waals surface area contributed by atoms with Gasteiger partial charge in [-0.15, -0.1) is 0 Å². The van der Waals surface area contributed by atoms with E-state index in [0.717, 1.165) is 11.1 Å². The summed E-state index contributed by atoms with van der Waals surface area (Å²) in [6, 6.07) is 19.7. The molecule has 2 nitrogen and oxygen atoms in total. The molecule has 3 rings (SSSR count). The normalized spacial score (nSPS) is 25.4. The van der Waals surface area contributed by atoms with Crippen LogP contribution in [0.3, 0.4) is 0 Å². The van der Waals surface area contributed by atoms with Gasteiger partial charge in [-0.1, -0.05) is 60.7 Å². The van der Waals surface area contributed by atoms with Gasteiger partial charge in [-0.25, -0.2) is 0 Å². The van der Waals surface area contributed by atoms with Crippen LogP contribution in [0.2, 0.25) is 0 Å². The molecule has 1 aliphatic rings. The van der Waals surface area contributed by atoms with Gasteiger partial charge in [0.25, 0.3) is 0 Å². The van der Waals surface area contributed by atoms with Gasteiger partial charge in [0.05, 0.1) is 0 Å². The second-order valence-corrected chi connectivity index (χ2v) is 4.90. The Morgan fingerprint density at radius 2 is 1.50 bits per heavy atom. The van der Waals surface area contributed by atoms with Gasteiger partial charge in [-0.3, -0.25) is 0 Å². The topological polar surface area (TPSA) is 32.8 Å². The van der Waals surface area contributed by atoms with Crippen molar-refractivity contribution in [2.75, 3.05) is 0 Å². The highest BCUT2D eigenvalue weighted by Crippen LogP contribution is 2.48. The van der Waals surface area contributed by atoms with E-state index in [1.807, 2.05) is 67.6 Å². The molecular weight excluding hydrogens is 224 g/mol. The van der Waals surface area contributed by atoms with Gasteiger partial charge in [-0.2, -0.15) is 0 Å². The molecule has 1 aliphatic heterocycles. The number of hydrogen-bond acceptors (Lipinski definition) is 2. The predicted molar refractivity (Wildman–Crippen MR) is 70.1 cm³/mol. The van der Waals surface area contributed by atoms with E-state index >= 15 is 0 Å². The highest BCUT2D eigenvalue weighted by molar-refractivity contribution is 5.30. The molecule has 1 fully saturated rings. The predicted octanol–water partition coefficient (Wildman–Crippen LogP) is 3.03. The van der Waals surface area contributed by atoms with Crippen molar-refractivity contribution in [2.24, 2.45) is 0 Å². The largest absolute Gasteiger partial charge is 0.383 e. The average Bonchev–Trinajstić information content (AvgIpc) is 3.22. The molecule has 0 amide bonds. The van der Waals surface area contributed by atoms with Crippen molar-refractivity contribution >= 4 is 0 Å². The first-order chi connectivity index (χ1) is 8.69. The number of epoxide rings is 1. The smallest absolute Gasteiger partial charge is 0.121 e. The molecule has 92 valence electrons. The lowest BCUT2D eigenvalue weighted by Gasteiger charge is -2.21. The van der Waals surface area contributed by atoms with Gasteiger partial charge in [-0.05, 0) is 18.1 Å². The van der Waals surface area contributed by atoms with Crippen molar-refractivity contribution in [3.05, 3.63) is 71.8 Å². The molecule has 0 radical (unpaired) electrons. The minimum absolute atomic E-state index is 0.00130. The van der Waals surface area contributed by atoms with E-state index in [4.69, 9.17) is 4.74 Å². The van der Waals surface area contributed by atoms with E-state index in [1.165, 1.54) is 0 Å². The van der Waals surface area contributed by atoms with Crippen LogP contribution in [0.15, 0.2) is 60.7 Å². The molecule has 18 heavy (non-hydrogen) atoms. The Morgan fingerprint density at radius 1 is 0.944 bits per heavy atom. The standard InChI is InChI=1S/C16H16O2/c1-16(17,13-10-6-3-7-11-13)15-14(18-15)12-8-4-2-5-9-12/h2-11,14-15,17H,1H3/t14-,15+,16-/m0/s1. The van der Waals surface area contributed by atoms with Gasteiger partial charge in [0, 0.05) is 0 Å². The molecule has 0 bridgehead atoms. The zero-order chi connectivity index (χ0) is 12.6. The van der Waals surface area contributed by atoms with Crippen LogP contribution in [0, 0.1) is 0 Å². The Morgan fingerprint density at radius 3 is 2.11 bits per heavy atom. The molecule has 2 aromatic carbocycles. The Kier molecular flexibility index (Phi) is 2.69. The van der Waals surface area contributed by atoms with Crippen molar-refractivity contribution in [2.45, 2.75) is 24.7 Å². The molecule has 1 heterocycles. The van der Waals surface area contributed by atoms with Crippen LogP contribution in [0.5, 0.6) is 0 Å². The van der Waals surface area contributed by atoms with Crippen LogP contribution in [0.4, 0.5) is 0 Å². The van der Waals surface area contributed by atoms with Crippen LogP contribution in [-0.4, -0.2) is 11.2 Å². The van der Waals surface area contributed by atoms with Gasteiger partial charge >= 0.3 is 0 Å². The second kappa shape index (κ2) is 4.23. The summed E-state index contributed by atoms with van der Waals surface area (Å²) in [5, 5.41) is 10.6. The Labute approximate surface area is 107 Å². The molecule has 0 saturated carbocycles. The fraction of sp³-hybridized carbons (Fsp3) is 0.250. The van der Waals surface area contributed by atoms with E-state index in [-0.39, 0.29) is 12.2 Å². The zero-order valence-electron chi connectivity index (χ0n) is 10.3. The summed E-state index contributed by atoms with van der Waals surface area (Å²) in [5.74, 6) is 0. The Balaban J connectivity index is 1.82. The SMILES string of the molecule is C[C@](O)(c1ccccc1)[C@@H]1O[C@H]1c1ccccc1. The number of aliphatic hydroxyl groups is 1. The molecule has 1 saturated heterocycles. The molecule has 3 atom stereocenters. The Hall–Kier alpha value is -1.64. The third-order valence-corrected chi connectivity index (χ3v) is 3.53. The van der Waals surface area contributed by atoms with Crippen molar-refractivity contribution in [1.82, 2.24) is 0 Å². The van der Waals surface area contributed by atoms with Crippen LogP contribution in [0.1, 0.15) is 24.2 Å². The number of benzene rings is 2. The van der Waals surface area contributed by atoms with E-state index in [0.29, 0.717) is 0 Å². The number of hydrogen-bond donors (Lipinski definition) is 1. The summed E-state index contributed by atoms with van der Waals surface area (Å²) < 4.78 is 5.67. The maximum Gasteiger partial charge on any atom is 0.121 e. The molecule has 0 aromatic heterocycles. The fourth-order valence-electron chi connectivity index (χ4n) is 2.38. The lowest BCUT2D eigenvalue weighted by Crippen LogP contribution is -2.28. The minimum atomic E-state index is -0.943. The first kappa shape index (κ1) is 11.5. The highest BCUT2D eigenvalue weighted by atomic mass is 16.6. The summed E-state index contributed by atoms with van der Waals surface area (Å²) in [4.78, 5) is 0. The van der Waals surface area contributed by atoms with Gasteiger partial charge < -0.3 is 9.84 Å².